The summed E-state index contributed by atoms with van der Waals surface area (Å²) in [6.07, 6.45) is 5.61. The van der Waals surface area contributed by atoms with Gasteiger partial charge in [-0.3, -0.25) is 4.98 Å². The molecule has 0 radical (unpaired) electrons. The van der Waals surface area contributed by atoms with Crippen LogP contribution in [0.15, 0.2) is 36.8 Å². The topological polar surface area (TPSA) is 41.6 Å². The minimum absolute atomic E-state index is 0.956. The second-order valence-corrected chi connectivity index (χ2v) is 4.23. The summed E-state index contributed by atoms with van der Waals surface area (Å²) in [4.78, 5) is 11.8. The molecule has 0 aromatic carbocycles. The van der Waals surface area contributed by atoms with E-state index in [1.807, 2.05) is 37.6 Å². The highest BCUT2D eigenvalue weighted by molar-refractivity contribution is 5.85. The van der Waals surface area contributed by atoms with Crippen molar-refractivity contribution in [3.8, 4) is 11.1 Å². The van der Waals surface area contributed by atoms with Crippen LogP contribution in [-0.4, -0.2) is 15.0 Å². The maximum atomic E-state index is 4.60. The molecule has 3 aromatic heterocycles. The fourth-order valence-electron chi connectivity index (χ4n) is 2.09. The average Bonchev–Trinajstić information content (AvgIpc) is 2.70. The molecule has 3 heteroatoms. The zero-order valence-corrected chi connectivity index (χ0v) is 9.86. The lowest BCUT2D eigenvalue weighted by molar-refractivity contribution is 1.22. The highest BCUT2D eigenvalue weighted by Gasteiger charge is 2.07. The lowest BCUT2D eigenvalue weighted by atomic mass is 10.0. The van der Waals surface area contributed by atoms with E-state index >= 15 is 0 Å². The van der Waals surface area contributed by atoms with Crippen LogP contribution in [0.4, 0.5) is 0 Å². The molecule has 0 aliphatic rings. The van der Waals surface area contributed by atoms with Crippen molar-refractivity contribution in [2.75, 3.05) is 0 Å². The van der Waals surface area contributed by atoms with Gasteiger partial charge in [-0.25, -0.2) is 4.98 Å². The van der Waals surface area contributed by atoms with Gasteiger partial charge in [0.1, 0.15) is 5.65 Å². The van der Waals surface area contributed by atoms with Crippen LogP contribution in [0.25, 0.3) is 22.2 Å². The number of rotatable bonds is 1. The molecule has 0 fully saturated rings. The van der Waals surface area contributed by atoms with Gasteiger partial charge < -0.3 is 4.98 Å². The standard InChI is InChI=1S/C14H13N3/c1-9-8-16-14-12(9)7-13(10(2)17-14)11-3-5-15-6-4-11/h3-8H,1-2H3,(H,16,17). The van der Waals surface area contributed by atoms with Crippen molar-refractivity contribution in [1.29, 1.82) is 0 Å². The van der Waals surface area contributed by atoms with E-state index in [-0.39, 0.29) is 0 Å². The number of H-pyrrole nitrogens is 1. The van der Waals surface area contributed by atoms with Gasteiger partial charge in [-0.05, 0) is 43.2 Å². The van der Waals surface area contributed by atoms with Crippen molar-refractivity contribution in [1.82, 2.24) is 15.0 Å². The molecule has 0 unspecified atom stereocenters. The van der Waals surface area contributed by atoms with Gasteiger partial charge in [0.2, 0.25) is 0 Å². The first-order valence-electron chi connectivity index (χ1n) is 5.61. The fourth-order valence-corrected chi connectivity index (χ4v) is 2.09. The summed E-state index contributed by atoms with van der Waals surface area (Å²) >= 11 is 0. The number of aromatic nitrogens is 3. The summed E-state index contributed by atoms with van der Waals surface area (Å²) in [5.74, 6) is 0. The quantitative estimate of drug-likeness (QED) is 0.688. The van der Waals surface area contributed by atoms with E-state index < -0.39 is 0 Å². The van der Waals surface area contributed by atoms with E-state index in [1.165, 1.54) is 16.5 Å². The van der Waals surface area contributed by atoms with Crippen LogP contribution in [0.2, 0.25) is 0 Å². The Hall–Kier alpha value is -2.16. The second kappa shape index (κ2) is 3.70. The summed E-state index contributed by atoms with van der Waals surface area (Å²) in [6.45, 7) is 4.12. The Bertz CT molecular complexity index is 669. The minimum Gasteiger partial charge on any atom is -0.346 e. The Morgan fingerprint density at radius 3 is 2.65 bits per heavy atom. The number of fused-ring (bicyclic) bond motifs is 1. The third kappa shape index (κ3) is 1.60. The summed E-state index contributed by atoms with van der Waals surface area (Å²) in [6, 6.07) is 6.22. The molecular formula is C14H13N3. The highest BCUT2D eigenvalue weighted by Crippen LogP contribution is 2.26. The molecule has 0 atom stereocenters. The molecule has 0 amide bonds. The Morgan fingerprint density at radius 2 is 1.88 bits per heavy atom. The van der Waals surface area contributed by atoms with Crippen LogP contribution in [0.3, 0.4) is 0 Å². The molecule has 0 spiro atoms. The Labute approximate surface area is 99.5 Å². The third-order valence-electron chi connectivity index (χ3n) is 3.05. The van der Waals surface area contributed by atoms with E-state index in [0.717, 1.165) is 16.9 Å². The highest BCUT2D eigenvalue weighted by atomic mass is 14.9. The number of aryl methyl sites for hydroxylation is 2. The first kappa shape index (κ1) is 10.0. The van der Waals surface area contributed by atoms with Crippen LogP contribution in [0.1, 0.15) is 11.3 Å². The SMILES string of the molecule is Cc1nc2[nH]cc(C)c2cc1-c1ccncc1. The smallest absolute Gasteiger partial charge is 0.137 e. The van der Waals surface area contributed by atoms with Gasteiger partial charge in [0, 0.05) is 35.2 Å². The molecule has 0 aliphatic carbocycles. The van der Waals surface area contributed by atoms with Crippen LogP contribution in [-0.2, 0) is 0 Å². The van der Waals surface area contributed by atoms with E-state index in [9.17, 15) is 0 Å². The zero-order chi connectivity index (χ0) is 11.8. The van der Waals surface area contributed by atoms with E-state index in [1.54, 1.807) is 0 Å². The molecule has 84 valence electrons. The van der Waals surface area contributed by atoms with Crippen molar-refractivity contribution in [3.05, 3.63) is 48.0 Å². The molecule has 3 nitrogen and oxygen atoms in total. The van der Waals surface area contributed by atoms with Crippen LogP contribution in [0, 0.1) is 13.8 Å². The summed E-state index contributed by atoms with van der Waals surface area (Å²) in [5, 5.41) is 1.18. The summed E-state index contributed by atoms with van der Waals surface area (Å²) in [5.41, 5.74) is 5.54. The molecule has 0 aliphatic heterocycles. The van der Waals surface area contributed by atoms with Gasteiger partial charge in [-0.15, -0.1) is 0 Å². The van der Waals surface area contributed by atoms with Crippen molar-refractivity contribution in [2.24, 2.45) is 0 Å². The Balaban J connectivity index is 2.29. The van der Waals surface area contributed by atoms with Crippen molar-refractivity contribution in [2.45, 2.75) is 13.8 Å². The van der Waals surface area contributed by atoms with Crippen molar-refractivity contribution < 1.29 is 0 Å². The van der Waals surface area contributed by atoms with Gasteiger partial charge in [-0.1, -0.05) is 0 Å². The number of nitrogens with zero attached hydrogens (tertiary/aromatic N) is 2. The summed E-state index contributed by atoms with van der Waals surface area (Å²) < 4.78 is 0. The monoisotopic (exact) mass is 223 g/mol. The van der Waals surface area contributed by atoms with Crippen LogP contribution < -0.4 is 0 Å². The fraction of sp³-hybridized carbons (Fsp3) is 0.143. The van der Waals surface area contributed by atoms with Crippen molar-refractivity contribution in [3.63, 3.8) is 0 Å². The van der Waals surface area contributed by atoms with Gasteiger partial charge in [0.25, 0.3) is 0 Å². The van der Waals surface area contributed by atoms with Gasteiger partial charge in [-0.2, -0.15) is 0 Å². The first-order valence-corrected chi connectivity index (χ1v) is 5.61. The molecule has 3 rings (SSSR count). The maximum absolute atomic E-state index is 4.60. The van der Waals surface area contributed by atoms with E-state index in [0.29, 0.717) is 0 Å². The van der Waals surface area contributed by atoms with Crippen LogP contribution in [0.5, 0.6) is 0 Å². The molecule has 3 aromatic rings. The largest absolute Gasteiger partial charge is 0.346 e. The molecule has 0 saturated heterocycles. The first-order chi connectivity index (χ1) is 8.25. The number of nitrogens with one attached hydrogen (secondary N) is 1. The predicted molar refractivity (Wildman–Crippen MR) is 68.8 cm³/mol. The van der Waals surface area contributed by atoms with Gasteiger partial charge in [0.15, 0.2) is 0 Å². The second-order valence-electron chi connectivity index (χ2n) is 4.23. The van der Waals surface area contributed by atoms with Gasteiger partial charge in [0.05, 0.1) is 0 Å². The molecule has 3 heterocycles. The Morgan fingerprint density at radius 1 is 1.12 bits per heavy atom. The molecule has 0 bridgehead atoms. The number of hydrogen-bond donors (Lipinski definition) is 1. The molecule has 1 N–H and O–H groups in total. The molecular weight excluding hydrogens is 210 g/mol. The number of pyridine rings is 2. The van der Waals surface area contributed by atoms with Gasteiger partial charge >= 0.3 is 0 Å². The Kier molecular flexibility index (Phi) is 2.18. The van der Waals surface area contributed by atoms with Crippen molar-refractivity contribution >= 4 is 11.0 Å². The van der Waals surface area contributed by atoms with Crippen LogP contribution >= 0.6 is 0 Å². The predicted octanol–water partition coefficient (Wildman–Crippen LogP) is 3.24. The number of hydrogen-bond acceptors (Lipinski definition) is 2. The third-order valence-corrected chi connectivity index (χ3v) is 3.05. The lowest BCUT2D eigenvalue weighted by Crippen LogP contribution is -1.89. The minimum atomic E-state index is 0.956. The zero-order valence-electron chi connectivity index (χ0n) is 9.86. The van der Waals surface area contributed by atoms with E-state index in [2.05, 4.69) is 27.9 Å². The molecule has 0 saturated carbocycles. The lowest BCUT2D eigenvalue weighted by Gasteiger charge is -2.05. The average molecular weight is 223 g/mol. The van der Waals surface area contributed by atoms with E-state index in [4.69, 9.17) is 0 Å². The molecule has 17 heavy (non-hydrogen) atoms. The number of aromatic amines is 1. The normalized spacial score (nSPS) is 10.9. The maximum Gasteiger partial charge on any atom is 0.137 e. The summed E-state index contributed by atoms with van der Waals surface area (Å²) in [7, 11) is 0.